The fourth-order valence-electron chi connectivity index (χ4n) is 5.56. The number of benzene rings is 4. The van der Waals surface area contributed by atoms with Crippen molar-refractivity contribution in [3.63, 3.8) is 0 Å². The van der Waals surface area contributed by atoms with Crippen molar-refractivity contribution in [1.82, 2.24) is 10.6 Å². The van der Waals surface area contributed by atoms with Gasteiger partial charge in [0.1, 0.15) is 9.79 Å². The minimum atomic E-state index is -4.61. The van der Waals surface area contributed by atoms with Crippen molar-refractivity contribution in [2.45, 2.75) is 35.0 Å². The summed E-state index contributed by atoms with van der Waals surface area (Å²) in [4.78, 5) is -0.603. The molecule has 206 valence electrons. The Morgan fingerprint density at radius 2 is 0.976 bits per heavy atom. The van der Waals surface area contributed by atoms with Crippen LogP contribution in [0.5, 0.6) is 0 Å². The van der Waals surface area contributed by atoms with Crippen LogP contribution in [0.4, 0.5) is 0 Å². The van der Waals surface area contributed by atoms with Gasteiger partial charge in [-0.3, -0.25) is 9.11 Å². The smallest absolute Gasteiger partial charge is 0.295 e. The number of hydrogen-bond donors (Lipinski definition) is 4. The largest absolute Gasteiger partial charge is 0.302 e. The molecule has 2 atom stereocenters. The summed E-state index contributed by atoms with van der Waals surface area (Å²) in [6.07, 6.45) is 2.82. The van der Waals surface area contributed by atoms with Crippen molar-refractivity contribution < 1.29 is 25.9 Å². The molecule has 0 aliphatic carbocycles. The SMILES string of the molecule is O=S(=O)(O)c1cc(C2NCc3ccccc32)ccc1C=Cc1ccc(C2NCc3ccccc32)cc1S(=O)(=O)O.[Na].[Na]. The van der Waals surface area contributed by atoms with Crippen LogP contribution in [0.25, 0.3) is 12.2 Å². The second-order valence-corrected chi connectivity index (χ2v) is 12.7. The van der Waals surface area contributed by atoms with Gasteiger partial charge < -0.3 is 10.6 Å². The van der Waals surface area contributed by atoms with Crippen LogP contribution < -0.4 is 10.6 Å². The van der Waals surface area contributed by atoms with E-state index in [0.717, 1.165) is 22.3 Å². The van der Waals surface area contributed by atoms with Crippen LogP contribution in [0.3, 0.4) is 0 Å². The Balaban J connectivity index is 0.00000202. The molecule has 4 aromatic carbocycles. The van der Waals surface area contributed by atoms with E-state index in [4.69, 9.17) is 0 Å². The van der Waals surface area contributed by atoms with Crippen LogP contribution in [0, 0.1) is 0 Å². The van der Waals surface area contributed by atoms with Gasteiger partial charge in [0.05, 0.1) is 12.1 Å². The number of fused-ring (bicyclic) bond motifs is 2. The molecule has 0 saturated carbocycles. The third-order valence-electron chi connectivity index (χ3n) is 7.47. The van der Waals surface area contributed by atoms with Crippen LogP contribution >= 0.6 is 0 Å². The molecule has 4 aromatic rings. The first-order valence-corrected chi connectivity index (χ1v) is 15.5. The molecule has 4 N–H and O–H groups in total. The van der Waals surface area contributed by atoms with Crippen molar-refractivity contribution in [3.8, 4) is 0 Å². The van der Waals surface area contributed by atoms with Gasteiger partial charge in [-0.25, -0.2) is 0 Å². The van der Waals surface area contributed by atoms with Crippen molar-refractivity contribution in [2.24, 2.45) is 0 Å². The van der Waals surface area contributed by atoms with Gasteiger partial charge in [0.15, 0.2) is 0 Å². The molecule has 2 heterocycles. The number of nitrogens with one attached hydrogen (secondary N) is 2. The van der Waals surface area contributed by atoms with E-state index in [9.17, 15) is 25.9 Å². The summed E-state index contributed by atoms with van der Waals surface area (Å²) in [6, 6.07) is 24.7. The van der Waals surface area contributed by atoms with Gasteiger partial charge in [-0.05, 0) is 56.6 Å². The summed E-state index contributed by atoms with van der Waals surface area (Å²) >= 11 is 0. The predicted molar refractivity (Wildman–Crippen MR) is 163 cm³/mol. The third kappa shape index (κ3) is 6.71. The minimum absolute atomic E-state index is 0. The minimum Gasteiger partial charge on any atom is -0.302 e. The standard InChI is InChI=1S/C30H26N2O6S2.2Na/c33-39(34,35)27-15-21(29-25-7-3-1-5-23(25)17-31-29)13-11-19(27)9-10-20-12-14-22(16-28(20)40(36,37)38)30-26-8-4-2-6-24(26)18-32-30;;/h1-16,29-32H,17-18H2,(H,33,34,35)(H,36,37,38);;. The summed E-state index contributed by atoms with van der Waals surface area (Å²) in [5, 5.41) is 6.72. The van der Waals surface area contributed by atoms with E-state index in [1.807, 2.05) is 48.5 Å². The first-order chi connectivity index (χ1) is 19.1. The molecule has 2 radical (unpaired) electrons. The zero-order chi connectivity index (χ0) is 28.1. The maximum Gasteiger partial charge on any atom is 0.295 e. The molecule has 12 heteroatoms. The first kappa shape index (κ1) is 33.3. The van der Waals surface area contributed by atoms with E-state index in [1.54, 1.807) is 24.3 Å². The average molecular weight is 621 g/mol. The third-order valence-corrected chi connectivity index (χ3v) is 9.28. The van der Waals surface area contributed by atoms with Crippen molar-refractivity contribution >= 4 is 91.5 Å². The van der Waals surface area contributed by atoms with Crippen LogP contribution in [-0.2, 0) is 33.3 Å². The summed E-state index contributed by atoms with van der Waals surface area (Å²) in [5.74, 6) is 0. The van der Waals surface area contributed by atoms with Gasteiger partial charge in [-0.2, -0.15) is 16.8 Å². The van der Waals surface area contributed by atoms with Gasteiger partial charge >= 0.3 is 0 Å². The summed E-state index contributed by atoms with van der Waals surface area (Å²) in [7, 11) is -9.21. The molecule has 0 spiro atoms. The van der Waals surface area contributed by atoms with E-state index in [1.165, 1.54) is 24.3 Å². The molecule has 2 unspecified atom stereocenters. The monoisotopic (exact) mass is 620 g/mol. The Morgan fingerprint density at radius 3 is 1.36 bits per heavy atom. The Morgan fingerprint density at radius 1 is 0.595 bits per heavy atom. The zero-order valence-corrected chi connectivity index (χ0v) is 28.8. The molecule has 2 aliphatic rings. The second-order valence-electron chi connectivity index (χ2n) is 9.90. The molecule has 0 fully saturated rings. The van der Waals surface area contributed by atoms with Crippen molar-refractivity contribution in [3.05, 3.63) is 129 Å². The summed E-state index contributed by atoms with van der Waals surface area (Å²) in [6.45, 7) is 1.28. The van der Waals surface area contributed by atoms with Crippen LogP contribution in [-0.4, -0.2) is 85.1 Å². The Labute approximate surface area is 289 Å². The van der Waals surface area contributed by atoms with E-state index < -0.39 is 20.2 Å². The average Bonchev–Trinajstić information content (AvgIpc) is 3.55. The Hall–Kier alpha value is -1.64. The molecular weight excluding hydrogens is 594 g/mol. The molecule has 0 aromatic heterocycles. The van der Waals surface area contributed by atoms with Gasteiger partial charge in [0.2, 0.25) is 0 Å². The molecule has 8 nitrogen and oxygen atoms in total. The van der Waals surface area contributed by atoms with Crippen molar-refractivity contribution in [2.75, 3.05) is 0 Å². The maximum atomic E-state index is 12.4. The van der Waals surface area contributed by atoms with E-state index >= 15 is 0 Å². The second kappa shape index (κ2) is 13.2. The Kier molecular flexibility index (Phi) is 10.4. The first-order valence-electron chi connectivity index (χ1n) is 12.6. The molecular formula is C30H26N2Na2O6S2. The summed E-state index contributed by atoms with van der Waals surface area (Å²) < 4.78 is 69.5. The van der Waals surface area contributed by atoms with Gasteiger partial charge in [0.25, 0.3) is 20.2 Å². The van der Waals surface area contributed by atoms with Crippen LogP contribution in [0.1, 0.15) is 56.6 Å². The molecule has 0 saturated heterocycles. The fourth-order valence-corrected chi connectivity index (χ4v) is 6.99. The molecule has 0 amide bonds. The topological polar surface area (TPSA) is 133 Å². The van der Waals surface area contributed by atoms with E-state index in [-0.39, 0.29) is 92.1 Å². The molecule has 0 bridgehead atoms. The molecule has 42 heavy (non-hydrogen) atoms. The Bertz CT molecular complexity index is 1760. The zero-order valence-electron chi connectivity index (χ0n) is 23.2. The van der Waals surface area contributed by atoms with E-state index in [2.05, 4.69) is 10.6 Å². The number of hydrogen-bond acceptors (Lipinski definition) is 6. The van der Waals surface area contributed by atoms with Gasteiger partial charge in [0, 0.05) is 72.2 Å². The van der Waals surface area contributed by atoms with Gasteiger partial charge in [-0.1, -0.05) is 84.9 Å². The summed E-state index contributed by atoms with van der Waals surface area (Å²) in [5.41, 5.74) is 5.98. The number of rotatable bonds is 6. The van der Waals surface area contributed by atoms with Crippen LogP contribution in [0.15, 0.2) is 94.7 Å². The van der Waals surface area contributed by atoms with Crippen molar-refractivity contribution in [1.29, 1.82) is 0 Å². The van der Waals surface area contributed by atoms with Crippen LogP contribution in [0.2, 0.25) is 0 Å². The maximum absolute atomic E-state index is 12.4. The van der Waals surface area contributed by atoms with Gasteiger partial charge in [-0.15, -0.1) is 0 Å². The predicted octanol–water partition coefficient (Wildman–Crippen LogP) is 3.97. The normalized spacial score (nSPS) is 17.8. The molecule has 2 aliphatic heterocycles. The van der Waals surface area contributed by atoms with E-state index in [0.29, 0.717) is 24.2 Å². The quantitative estimate of drug-likeness (QED) is 0.145. The fraction of sp³-hybridized carbons (Fsp3) is 0.133. The molecule has 6 rings (SSSR count).